The Morgan fingerprint density at radius 1 is 1.00 bits per heavy atom. The minimum Gasteiger partial charge on any atom is -0.370 e. The Labute approximate surface area is 201 Å². The normalized spacial score (nSPS) is 18.1. The lowest BCUT2D eigenvalue weighted by molar-refractivity contribution is -0.131. The number of nitriles is 1. The van der Waals surface area contributed by atoms with E-state index in [1.807, 2.05) is 29.2 Å². The van der Waals surface area contributed by atoms with E-state index >= 15 is 0 Å². The molecule has 2 aliphatic heterocycles. The molecule has 178 valence electrons. The molecule has 1 fully saturated rings. The number of unbranched alkanes of at least 4 members (excludes halogenated alkanes) is 2. The number of benzene rings is 2. The summed E-state index contributed by atoms with van der Waals surface area (Å²) < 4.78 is 26.8. The molecule has 0 radical (unpaired) electrons. The second-order valence-corrected chi connectivity index (χ2v) is 10.2. The van der Waals surface area contributed by atoms with Crippen LogP contribution in [0.4, 0.5) is 5.69 Å². The molecule has 34 heavy (non-hydrogen) atoms. The molecule has 0 bridgehead atoms. The average Bonchev–Trinajstić information content (AvgIpc) is 2.99. The summed E-state index contributed by atoms with van der Waals surface area (Å²) in [6.07, 6.45) is 3.89. The molecule has 2 heterocycles. The van der Waals surface area contributed by atoms with Crippen LogP contribution in [0.3, 0.4) is 0 Å². The van der Waals surface area contributed by atoms with Crippen molar-refractivity contribution >= 4 is 27.5 Å². The molecular formula is C25H29N5O3S. The Morgan fingerprint density at radius 3 is 2.59 bits per heavy atom. The van der Waals surface area contributed by atoms with E-state index in [4.69, 9.17) is 5.26 Å². The first kappa shape index (κ1) is 23.8. The Bertz CT molecular complexity index is 1200. The van der Waals surface area contributed by atoms with Gasteiger partial charge in [0, 0.05) is 50.4 Å². The summed E-state index contributed by atoms with van der Waals surface area (Å²) in [7, 11) is -3.50. The fourth-order valence-electron chi connectivity index (χ4n) is 4.34. The second-order valence-electron chi connectivity index (χ2n) is 8.52. The molecule has 2 aliphatic rings. The maximum Gasteiger partial charge on any atom is 0.263 e. The lowest BCUT2D eigenvalue weighted by Gasteiger charge is -2.23. The highest BCUT2D eigenvalue weighted by molar-refractivity contribution is 7.90. The Hall–Kier alpha value is -3.38. The van der Waals surface area contributed by atoms with Gasteiger partial charge in [0.1, 0.15) is 5.84 Å². The number of nitrogens with zero attached hydrogens (tertiary/aromatic N) is 4. The topological polar surface area (TPSA) is 106 Å². The van der Waals surface area contributed by atoms with Crippen LogP contribution >= 0.6 is 0 Å². The monoisotopic (exact) mass is 479 g/mol. The van der Waals surface area contributed by atoms with E-state index in [2.05, 4.69) is 20.7 Å². The number of hydrogen-bond acceptors (Lipinski definition) is 6. The highest BCUT2D eigenvalue weighted by atomic mass is 32.2. The first-order valence-electron chi connectivity index (χ1n) is 11.7. The van der Waals surface area contributed by atoms with E-state index in [0.717, 1.165) is 51.0 Å². The van der Waals surface area contributed by atoms with Crippen LogP contribution in [0, 0.1) is 11.3 Å². The smallest absolute Gasteiger partial charge is 0.263 e. The maximum absolute atomic E-state index is 12.7. The molecule has 0 spiro atoms. The van der Waals surface area contributed by atoms with Crippen molar-refractivity contribution in [2.45, 2.75) is 37.0 Å². The van der Waals surface area contributed by atoms with Crippen molar-refractivity contribution in [2.24, 2.45) is 4.99 Å². The van der Waals surface area contributed by atoms with Crippen LogP contribution in [0.5, 0.6) is 0 Å². The van der Waals surface area contributed by atoms with E-state index < -0.39 is 10.0 Å². The lowest BCUT2D eigenvalue weighted by Crippen LogP contribution is -2.35. The van der Waals surface area contributed by atoms with Crippen LogP contribution in [-0.2, 0) is 14.8 Å². The Morgan fingerprint density at radius 2 is 1.79 bits per heavy atom. The first-order chi connectivity index (χ1) is 16.5. The van der Waals surface area contributed by atoms with Gasteiger partial charge in [-0.2, -0.15) is 5.26 Å². The van der Waals surface area contributed by atoms with Gasteiger partial charge in [-0.05, 0) is 55.7 Å². The van der Waals surface area contributed by atoms with Crippen LogP contribution in [0.1, 0.15) is 43.2 Å². The van der Waals surface area contributed by atoms with Gasteiger partial charge in [-0.1, -0.05) is 18.6 Å². The van der Waals surface area contributed by atoms with E-state index in [1.165, 1.54) is 0 Å². The molecule has 4 rings (SSSR count). The third kappa shape index (κ3) is 5.57. The summed E-state index contributed by atoms with van der Waals surface area (Å²) >= 11 is 0. The molecule has 0 aromatic heterocycles. The fourth-order valence-corrected chi connectivity index (χ4v) is 5.59. The van der Waals surface area contributed by atoms with E-state index in [-0.39, 0.29) is 10.8 Å². The van der Waals surface area contributed by atoms with Crippen molar-refractivity contribution in [2.75, 3.05) is 37.6 Å². The van der Waals surface area contributed by atoms with Crippen molar-refractivity contribution in [3.63, 3.8) is 0 Å². The molecule has 2 aromatic carbocycles. The zero-order chi connectivity index (χ0) is 24.0. The molecule has 1 amide bonds. The number of amidine groups is 1. The molecule has 0 saturated carbocycles. The number of sulfonamides is 1. The van der Waals surface area contributed by atoms with Gasteiger partial charge in [0.25, 0.3) is 10.0 Å². The second kappa shape index (κ2) is 10.7. The maximum atomic E-state index is 12.7. The lowest BCUT2D eigenvalue weighted by atomic mass is 10.1. The van der Waals surface area contributed by atoms with Crippen LogP contribution in [0.15, 0.2) is 58.4 Å². The minimum absolute atomic E-state index is 0.186. The van der Waals surface area contributed by atoms with Gasteiger partial charge < -0.3 is 9.80 Å². The molecule has 0 unspecified atom stereocenters. The van der Waals surface area contributed by atoms with Gasteiger partial charge in [0.2, 0.25) is 5.91 Å². The summed E-state index contributed by atoms with van der Waals surface area (Å²) in [6, 6.07) is 16.6. The molecule has 2 aromatic rings. The van der Waals surface area contributed by atoms with Gasteiger partial charge in [-0.25, -0.2) is 8.42 Å². The number of carbonyl (C=O) groups excluding carboxylic acids is 1. The number of hydrogen-bond donors (Lipinski definition) is 1. The van der Waals surface area contributed by atoms with Crippen molar-refractivity contribution in [1.82, 2.24) is 9.62 Å². The van der Waals surface area contributed by atoms with Crippen molar-refractivity contribution in [1.29, 1.82) is 5.26 Å². The quantitative estimate of drug-likeness (QED) is 0.615. The number of fused-ring (bicyclic) bond motifs is 1. The number of aliphatic imine (C=N–C) groups is 1. The minimum atomic E-state index is -3.50. The SMILES string of the molecule is N#Cc1ccc(N2CCCN(C(=O)CCCCCN=C3NS(=O)(=O)c4ccccc43)CC2)cc1. The summed E-state index contributed by atoms with van der Waals surface area (Å²) in [5.41, 5.74) is 2.35. The molecule has 0 aliphatic carbocycles. The van der Waals surface area contributed by atoms with Crippen LogP contribution < -0.4 is 9.62 Å². The zero-order valence-corrected chi connectivity index (χ0v) is 19.9. The molecule has 9 heteroatoms. The van der Waals surface area contributed by atoms with Crippen molar-refractivity contribution < 1.29 is 13.2 Å². The number of carbonyl (C=O) groups is 1. The largest absolute Gasteiger partial charge is 0.370 e. The van der Waals surface area contributed by atoms with Crippen LogP contribution in [0.25, 0.3) is 0 Å². The predicted octanol–water partition coefficient (Wildman–Crippen LogP) is 2.90. The van der Waals surface area contributed by atoms with Crippen LogP contribution in [-0.4, -0.2) is 57.8 Å². The van der Waals surface area contributed by atoms with Gasteiger partial charge >= 0.3 is 0 Å². The summed E-state index contributed by atoms with van der Waals surface area (Å²) in [4.78, 5) is 21.6. The standard InChI is InChI=1S/C25H29N5O3S/c26-19-20-10-12-21(13-11-20)29-15-6-16-30(18-17-29)24(31)9-2-1-5-14-27-25-22-7-3-4-8-23(22)34(32,33)28-25/h3-4,7-8,10-13H,1-2,5-6,9,14-18H2,(H,27,28). The highest BCUT2D eigenvalue weighted by Crippen LogP contribution is 2.22. The van der Waals surface area contributed by atoms with E-state index in [9.17, 15) is 13.2 Å². The van der Waals surface area contributed by atoms with Crippen LogP contribution in [0.2, 0.25) is 0 Å². The fraction of sp³-hybridized carbons (Fsp3) is 0.400. The average molecular weight is 480 g/mol. The molecular weight excluding hydrogens is 450 g/mol. The zero-order valence-electron chi connectivity index (χ0n) is 19.1. The number of nitrogens with one attached hydrogen (secondary N) is 1. The van der Waals surface area contributed by atoms with E-state index in [1.54, 1.807) is 24.3 Å². The summed E-state index contributed by atoms with van der Waals surface area (Å²) in [5.74, 6) is 0.591. The Balaban J connectivity index is 1.18. The molecule has 0 atom stereocenters. The third-order valence-corrected chi connectivity index (χ3v) is 7.59. The first-order valence-corrected chi connectivity index (χ1v) is 13.2. The van der Waals surface area contributed by atoms with E-state index in [0.29, 0.717) is 36.5 Å². The van der Waals surface area contributed by atoms with Crippen molar-refractivity contribution in [3.8, 4) is 6.07 Å². The number of amides is 1. The number of anilines is 1. The van der Waals surface area contributed by atoms with Crippen molar-refractivity contribution in [3.05, 3.63) is 59.7 Å². The Kier molecular flexibility index (Phi) is 7.48. The van der Waals surface area contributed by atoms with Gasteiger partial charge in [-0.15, -0.1) is 0 Å². The molecule has 8 nitrogen and oxygen atoms in total. The molecule has 1 saturated heterocycles. The summed E-state index contributed by atoms with van der Waals surface area (Å²) in [6.45, 7) is 3.66. The van der Waals surface area contributed by atoms with Gasteiger partial charge in [0.05, 0.1) is 16.5 Å². The number of rotatable bonds is 7. The van der Waals surface area contributed by atoms with Gasteiger partial charge in [0.15, 0.2) is 0 Å². The third-order valence-electron chi connectivity index (χ3n) is 6.19. The highest BCUT2D eigenvalue weighted by Gasteiger charge is 2.29. The summed E-state index contributed by atoms with van der Waals surface area (Å²) in [5, 5.41) is 8.96. The predicted molar refractivity (Wildman–Crippen MR) is 131 cm³/mol. The molecule has 1 N–H and O–H groups in total. The van der Waals surface area contributed by atoms with Gasteiger partial charge in [-0.3, -0.25) is 14.5 Å².